The smallest absolute Gasteiger partial charge is 0.310 e. The van der Waals surface area contributed by atoms with E-state index in [1.54, 1.807) is 21.3 Å². The number of hydrogen-bond donors (Lipinski definition) is 1. The minimum atomic E-state index is -0.757. The zero-order chi connectivity index (χ0) is 20.0. The van der Waals surface area contributed by atoms with Crippen LogP contribution in [0.2, 0.25) is 0 Å². The van der Waals surface area contributed by atoms with E-state index in [-0.39, 0.29) is 24.4 Å². The van der Waals surface area contributed by atoms with E-state index in [9.17, 15) is 9.90 Å². The van der Waals surface area contributed by atoms with Gasteiger partial charge in [-0.15, -0.1) is 0 Å². The summed E-state index contributed by atoms with van der Waals surface area (Å²) in [6.07, 6.45) is -0.757. The van der Waals surface area contributed by atoms with Crippen molar-refractivity contribution in [2.24, 2.45) is 11.8 Å². The van der Waals surface area contributed by atoms with Gasteiger partial charge in [-0.05, 0) is 53.4 Å². The third-order valence-electron chi connectivity index (χ3n) is 5.94. The monoisotopic (exact) mass is 384 g/mol. The highest BCUT2D eigenvalue weighted by Gasteiger charge is 2.51. The van der Waals surface area contributed by atoms with Crippen LogP contribution in [-0.2, 0) is 9.53 Å². The summed E-state index contributed by atoms with van der Waals surface area (Å²) in [6.45, 7) is 2.17. The van der Waals surface area contributed by atoms with Gasteiger partial charge in [-0.1, -0.05) is 6.07 Å². The minimum Gasteiger partial charge on any atom is -0.496 e. The van der Waals surface area contributed by atoms with E-state index in [1.165, 1.54) is 0 Å². The van der Waals surface area contributed by atoms with Crippen molar-refractivity contribution in [2.75, 3.05) is 27.9 Å². The molecule has 2 aromatic carbocycles. The standard InChI is InChI=1S/C22H24O6/c1-11-7-14-13(9-17(11)26-3)19(20-15(21(14)23)10-28-22(20)24)12-5-6-16(25-2)18(8-12)27-4/h5-9,15,19-21,23H,10H2,1-4H3/t15?,19-,20+,21+/m1/s1. The van der Waals surface area contributed by atoms with Crippen molar-refractivity contribution in [3.63, 3.8) is 0 Å². The number of hydrogen-bond acceptors (Lipinski definition) is 6. The SMILES string of the molecule is COc1cc2c(cc1C)[C@H](O)C1COC(=O)[C@@H]1[C@@H]2c1ccc(OC)c(OC)c1. The van der Waals surface area contributed by atoms with E-state index in [1.807, 2.05) is 37.3 Å². The molecule has 1 heterocycles. The maximum Gasteiger partial charge on any atom is 0.310 e. The van der Waals surface area contributed by atoms with Crippen LogP contribution in [0.1, 0.15) is 34.3 Å². The first-order valence-corrected chi connectivity index (χ1v) is 9.25. The molecule has 1 saturated heterocycles. The molecule has 6 heteroatoms. The second kappa shape index (κ2) is 7.02. The number of carbonyl (C=O) groups excluding carboxylic acids is 1. The van der Waals surface area contributed by atoms with Gasteiger partial charge in [0, 0.05) is 11.8 Å². The van der Waals surface area contributed by atoms with Crippen molar-refractivity contribution >= 4 is 5.97 Å². The molecule has 1 aliphatic carbocycles. The highest BCUT2D eigenvalue weighted by Crippen LogP contribution is 2.53. The molecule has 0 amide bonds. The van der Waals surface area contributed by atoms with Gasteiger partial charge in [-0.25, -0.2) is 0 Å². The maximum atomic E-state index is 12.6. The predicted molar refractivity (Wildman–Crippen MR) is 102 cm³/mol. The molecule has 0 saturated carbocycles. The maximum absolute atomic E-state index is 12.6. The second-order valence-electron chi connectivity index (χ2n) is 7.31. The van der Waals surface area contributed by atoms with E-state index in [0.717, 1.165) is 28.0 Å². The van der Waals surface area contributed by atoms with Crippen molar-refractivity contribution in [1.82, 2.24) is 0 Å². The van der Waals surface area contributed by atoms with Gasteiger partial charge in [0.1, 0.15) is 5.75 Å². The van der Waals surface area contributed by atoms with Crippen LogP contribution in [0.15, 0.2) is 30.3 Å². The van der Waals surface area contributed by atoms with Crippen LogP contribution >= 0.6 is 0 Å². The van der Waals surface area contributed by atoms with Gasteiger partial charge >= 0.3 is 5.97 Å². The van der Waals surface area contributed by atoms with Crippen molar-refractivity contribution < 1.29 is 28.8 Å². The molecule has 28 heavy (non-hydrogen) atoms. The van der Waals surface area contributed by atoms with E-state index < -0.39 is 12.0 Å². The average Bonchev–Trinajstić information content (AvgIpc) is 3.09. The van der Waals surface area contributed by atoms with Crippen molar-refractivity contribution in [3.05, 3.63) is 52.6 Å². The summed E-state index contributed by atoms with van der Waals surface area (Å²) in [7, 11) is 4.78. The van der Waals surface area contributed by atoms with Crippen LogP contribution in [0, 0.1) is 18.8 Å². The fourth-order valence-corrected chi connectivity index (χ4v) is 4.55. The van der Waals surface area contributed by atoms with Gasteiger partial charge in [0.25, 0.3) is 0 Å². The van der Waals surface area contributed by atoms with E-state index in [4.69, 9.17) is 18.9 Å². The Morgan fingerprint density at radius 1 is 0.964 bits per heavy atom. The first-order valence-electron chi connectivity index (χ1n) is 9.25. The highest BCUT2D eigenvalue weighted by molar-refractivity contribution is 5.78. The molecule has 0 bridgehead atoms. The summed E-state index contributed by atoms with van der Waals surface area (Å²) in [5.41, 5.74) is 3.54. The summed E-state index contributed by atoms with van der Waals surface area (Å²) in [4.78, 5) is 12.6. The number of cyclic esters (lactones) is 1. The van der Waals surface area contributed by atoms with Gasteiger partial charge in [-0.3, -0.25) is 4.79 Å². The molecule has 1 unspecified atom stereocenters. The molecule has 4 atom stereocenters. The number of aliphatic hydroxyl groups is 1. The molecule has 0 radical (unpaired) electrons. The van der Waals surface area contributed by atoms with Crippen molar-refractivity contribution in [1.29, 1.82) is 0 Å². The lowest BCUT2D eigenvalue weighted by Gasteiger charge is -2.37. The minimum absolute atomic E-state index is 0.221. The summed E-state index contributed by atoms with van der Waals surface area (Å²) >= 11 is 0. The van der Waals surface area contributed by atoms with Crippen LogP contribution < -0.4 is 14.2 Å². The van der Waals surface area contributed by atoms with E-state index >= 15 is 0 Å². The number of aliphatic hydroxyl groups excluding tert-OH is 1. The molecular formula is C22H24O6. The Hall–Kier alpha value is -2.73. The molecular weight excluding hydrogens is 360 g/mol. The third kappa shape index (κ3) is 2.71. The fourth-order valence-electron chi connectivity index (χ4n) is 4.55. The van der Waals surface area contributed by atoms with Crippen LogP contribution in [0.25, 0.3) is 0 Å². The second-order valence-corrected chi connectivity index (χ2v) is 7.31. The molecule has 1 fully saturated rings. The van der Waals surface area contributed by atoms with Crippen LogP contribution in [-0.4, -0.2) is 39.0 Å². The quantitative estimate of drug-likeness (QED) is 0.817. The van der Waals surface area contributed by atoms with Gasteiger partial charge in [0.2, 0.25) is 0 Å². The summed E-state index contributed by atoms with van der Waals surface area (Å²) in [5, 5.41) is 11.0. The van der Waals surface area contributed by atoms with Gasteiger partial charge in [0.05, 0.1) is 40.0 Å². The van der Waals surface area contributed by atoms with Gasteiger partial charge < -0.3 is 24.1 Å². The number of rotatable bonds is 4. The Balaban J connectivity index is 1.94. The number of ether oxygens (including phenoxy) is 4. The zero-order valence-electron chi connectivity index (χ0n) is 16.4. The number of fused-ring (bicyclic) bond motifs is 2. The van der Waals surface area contributed by atoms with Crippen LogP contribution in [0.5, 0.6) is 17.2 Å². The molecule has 6 nitrogen and oxygen atoms in total. The van der Waals surface area contributed by atoms with E-state index in [2.05, 4.69) is 0 Å². The molecule has 0 aromatic heterocycles. The first-order chi connectivity index (χ1) is 13.5. The molecule has 148 valence electrons. The van der Waals surface area contributed by atoms with Crippen LogP contribution in [0.3, 0.4) is 0 Å². The summed E-state index contributed by atoms with van der Waals surface area (Å²) in [5.74, 6) is 0.630. The number of benzene rings is 2. The lowest BCUT2D eigenvalue weighted by molar-refractivity contribution is -0.141. The summed E-state index contributed by atoms with van der Waals surface area (Å²) in [6, 6.07) is 9.53. The molecule has 0 spiro atoms. The normalized spacial score (nSPS) is 25.5. The molecule has 4 rings (SSSR count). The number of methoxy groups -OCH3 is 3. The lowest BCUT2D eigenvalue weighted by atomic mass is 9.66. The van der Waals surface area contributed by atoms with Crippen molar-refractivity contribution in [3.8, 4) is 17.2 Å². The third-order valence-corrected chi connectivity index (χ3v) is 5.94. The number of carbonyl (C=O) groups is 1. The largest absolute Gasteiger partial charge is 0.496 e. The Labute approximate surface area is 164 Å². The lowest BCUT2D eigenvalue weighted by Crippen LogP contribution is -2.34. The van der Waals surface area contributed by atoms with E-state index in [0.29, 0.717) is 11.5 Å². The Morgan fingerprint density at radius 2 is 1.68 bits per heavy atom. The summed E-state index contributed by atoms with van der Waals surface area (Å²) < 4.78 is 21.7. The first kappa shape index (κ1) is 18.6. The fraction of sp³-hybridized carbons (Fsp3) is 0.409. The van der Waals surface area contributed by atoms with Crippen LogP contribution in [0.4, 0.5) is 0 Å². The average molecular weight is 384 g/mol. The Bertz CT molecular complexity index is 921. The Morgan fingerprint density at radius 3 is 2.36 bits per heavy atom. The molecule has 2 aliphatic rings. The topological polar surface area (TPSA) is 74.2 Å². The molecule has 1 aliphatic heterocycles. The molecule has 1 N–H and O–H groups in total. The highest BCUT2D eigenvalue weighted by atomic mass is 16.5. The zero-order valence-corrected chi connectivity index (χ0v) is 16.4. The van der Waals surface area contributed by atoms with Crippen molar-refractivity contribution in [2.45, 2.75) is 18.9 Å². The number of aryl methyl sites for hydroxylation is 1. The number of esters is 1. The van der Waals surface area contributed by atoms with Gasteiger partial charge in [-0.2, -0.15) is 0 Å². The van der Waals surface area contributed by atoms with Gasteiger partial charge in [0.15, 0.2) is 11.5 Å². The Kier molecular flexibility index (Phi) is 4.67. The molecule has 2 aromatic rings. The predicted octanol–water partition coefficient (Wildman–Crippen LogP) is 2.99.